The van der Waals surface area contributed by atoms with Gasteiger partial charge in [0.05, 0.1) is 16.7 Å². The maximum absolute atomic E-state index is 16.6. The number of halogens is 2. The summed E-state index contributed by atoms with van der Waals surface area (Å²) in [6.45, 7) is 9.19. The lowest BCUT2D eigenvalue weighted by Crippen LogP contribution is -2.58. The van der Waals surface area contributed by atoms with Crippen molar-refractivity contribution in [2.45, 2.75) is 13.0 Å². The molecule has 1 N–H and O–H groups in total. The first kappa shape index (κ1) is 25.5. The lowest BCUT2D eigenvalue weighted by molar-refractivity contribution is -0.126. The molecule has 0 atom stereocenters. The molecule has 2 aliphatic rings. The molecule has 0 aliphatic carbocycles. The number of aryl methyl sites for hydroxylation is 1. The van der Waals surface area contributed by atoms with Gasteiger partial charge in [0.2, 0.25) is 11.9 Å². The van der Waals surface area contributed by atoms with Crippen LogP contribution in [0.2, 0.25) is 5.02 Å². The van der Waals surface area contributed by atoms with E-state index >= 15 is 4.39 Å². The summed E-state index contributed by atoms with van der Waals surface area (Å²) >= 11 is 6.84. The Balaban J connectivity index is 1.50. The van der Waals surface area contributed by atoms with E-state index in [1.54, 1.807) is 17.2 Å². The van der Waals surface area contributed by atoms with Crippen molar-refractivity contribution in [1.29, 1.82) is 0 Å². The molecule has 202 valence electrons. The molecule has 39 heavy (non-hydrogen) atoms. The second kappa shape index (κ2) is 9.77. The molecule has 2 aromatic heterocycles. The summed E-state index contributed by atoms with van der Waals surface area (Å²) in [5.74, 6) is 0.527. The number of carbonyl (C=O) groups excluding carboxylic acids is 1. The molecular formula is C28H30ClFN8O. The zero-order chi connectivity index (χ0) is 27.4. The van der Waals surface area contributed by atoms with Crippen molar-refractivity contribution >= 4 is 51.1 Å². The smallest absolute Gasteiger partial charge is 0.246 e. The van der Waals surface area contributed by atoms with Crippen LogP contribution in [0.1, 0.15) is 5.56 Å². The third kappa shape index (κ3) is 4.28. The number of likely N-dealkylation sites (N-methyl/N-ethyl adjacent to an activating group) is 1. The summed E-state index contributed by atoms with van der Waals surface area (Å²) in [5.41, 5.74) is 2.79. The Hall–Kier alpha value is -3.76. The van der Waals surface area contributed by atoms with E-state index in [1.807, 2.05) is 33.2 Å². The number of rotatable bonds is 5. The summed E-state index contributed by atoms with van der Waals surface area (Å²) in [6, 6.07) is 6.04. The number of nitrogens with zero attached hydrogens (tertiary/aromatic N) is 7. The average Bonchev–Trinajstić information content (AvgIpc) is 3.37. The lowest BCUT2D eigenvalue weighted by atomic mass is 9.96. The molecule has 1 amide bonds. The number of nitrogens with one attached hydrogen (secondary N) is 1. The molecule has 4 heterocycles. The molecule has 4 aromatic rings. The van der Waals surface area contributed by atoms with E-state index in [9.17, 15) is 4.79 Å². The highest BCUT2D eigenvalue weighted by Crippen LogP contribution is 2.42. The van der Waals surface area contributed by atoms with Crippen LogP contribution in [-0.2, 0) is 4.79 Å². The molecular weight excluding hydrogens is 519 g/mol. The molecule has 9 nitrogen and oxygen atoms in total. The van der Waals surface area contributed by atoms with Crippen LogP contribution in [0.5, 0.6) is 0 Å². The predicted molar refractivity (Wildman–Crippen MR) is 153 cm³/mol. The van der Waals surface area contributed by atoms with E-state index in [-0.39, 0.29) is 16.4 Å². The molecule has 2 aromatic carbocycles. The SMILES string of the molecule is C=CC(=O)N1CCN(c2nc(N3CC(N(C)C)C3)nc3c(F)c(-c4c(C)ccc5cn[nH]c45)c(Cl)cc23)CC1. The number of aromatic amines is 1. The number of carbonyl (C=O) groups is 1. The number of H-pyrrole nitrogens is 1. The molecule has 0 saturated carbocycles. The fourth-order valence-corrected chi connectivity index (χ4v) is 5.72. The van der Waals surface area contributed by atoms with Crippen molar-refractivity contribution in [3.63, 3.8) is 0 Å². The van der Waals surface area contributed by atoms with Crippen molar-refractivity contribution < 1.29 is 9.18 Å². The molecule has 0 radical (unpaired) electrons. The molecule has 11 heteroatoms. The van der Waals surface area contributed by atoms with Gasteiger partial charge in [-0.05, 0) is 38.7 Å². The third-order valence-corrected chi connectivity index (χ3v) is 8.17. The van der Waals surface area contributed by atoms with Gasteiger partial charge >= 0.3 is 0 Å². The Bertz CT molecular complexity index is 1600. The Morgan fingerprint density at radius 1 is 1.15 bits per heavy atom. The van der Waals surface area contributed by atoms with Crippen LogP contribution in [-0.4, -0.2) is 95.3 Å². The van der Waals surface area contributed by atoms with Gasteiger partial charge in [-0.2, -0.15) is 10.1 Å². The summed E-state index contributed by atoms with van der Waals surface area (Å²) in [7, 11) is 4.09. The molecule has 2 saturated heterocycles. The van der Waals surface area contributed by atoms with Gasteiger partial charge in [0.15, 0.2) is 5.82 Å². The fraction of sp³-hybridized carbons (Fsp3) is 0.357. The highest BCUT2D eigenvalue weighted by molar-refractivity contribution is 6.35. The Kier molecular flexibility index (Phi) is 6.39. The first-order valence-electron chi connectivity index (χ1n) is 13.0. The van der Waals surface area contributed by atoms with Gasteiger partial charge in [-0.15, -0.1) is 0 Å². The predicted octanol–water partition coefficient (Wildman–Crippen LogP) is 3.86. The van der Waals surface area contributed by atoms with E-state index in [4.69, 9.17) is 21.6 Å². The van der Waals surface area contributed by atoms with Crippen LogP contribution in [0.3, 0.4) is 0 Å². The van der Waals surface area contributed by atoms with Crippen LogP contribution >= 0.6 is 11.6 Å². The van der Waals surface area contributed by atoms with Crippen LogP contribution in [0.15, 0.2) is 37.1 Å². The molecule has 2 aliphatic heterocycles. The van der Waals surface area contributed by atoms with Crippen LogP contribution in [0.4, 0.5) is 16.2 Å². The van der Waals surface area contributed by atoms with E-state index in [0.29, 0.717) is 60.5 Å². The highest BCUT2D eigenvalue weighted by atomic mass is 35.5. The number of fused-ring (bicyclic) bond motifs is 2. The first-order chi connectivity index (χ1) is 18.8. The maximum atomic E-state index is 16.6. The number of aromatic nitrogens is 4. The molecule has 0 bridgehead atoms. The van der Waals surface area contributed by atoms with Crippen LogP contribution < -0.4 is 9.80 Å². The van der Waals surface area contributed by atoms with Crippen molar-refractivity contribution in [2.75, 3.05) is 63.2 Å². The number of piperazine rings is 1. The number of amides is 1. The largest absolute Gasteiger partial charge is 0.352 e. The van der Waals surface area contributed by atoms with Crippen molar-refractivity contribution in [1.82, 2.24) is 30.0 Å². The molecule has 2 fully saturated rings. The van der Waals surface area contributed by atoms with Gasteiger partial charge in [-0.1, -0.05) is 30.3 Å². The van der Waals surface area contributed by atoms with Crippen LogP contribution in [0, 0.1) is 12.7 Å². The second-order valence-corrected chi connectivity index (χ2v) is 10.8. The van der Waals surface area contributed by atoms with E-state index in [0.717, 1.165) is 29.6 Å². The van der Waals surface area contributed by atoms with E-state index in [1.165, 1.54) is 6.08 Å². The van der Waals surface area contributed by atoms with Crippen molar-refractivity contribution in [2.24, 2.45) is 0 Å². The zero-order valence-corrected chi connectivity index (χ0v) is 23.0. The topological polar surface area (TPSA) is 84.5 Å². The molecule has 0 unspecified atom stereocenters. The standard InChI is InChI=1S/C28H30ClFN8O/c1-5-21(39)36-8-10-37(11-9-36)27-19-12-20(29)23(22-16(2)6-7-17-13-31-34-25(17)22)24(30)26(19)32-28(33-27)38-14-18(15-38)35(3)4/h5-7,12-13,18H,1,8-11,14-15H2,2-4H3,(H,31,34). The number of hydrogen-bond acceptors (Lipinski definition) is 7. The quantitative estimate of drug-likeness (QED) is 0.379. The lowest BCUT2D eigenvalue weighted by Gasteiger charge is -2.43. The molecule has 6 rings (SSSR count). The number of benzene rings is 2. The van der Waals surface area contributed by atoms with Gasteiger partial charge < -0.3 is 19.6 Å². The van der Waals surface area contributed by atoms with Gasteiger partial charge in [0.25, 0.3) is 0 Å². The third-order valence-electron chi connectivity index (χ3n) is 7.87. The number of anilines is 2. The fourth-order valence-electron chi connectivity index (χ4n) is 5.43. The van der Waals surface area contributed by atoms with Crippen molar-refractivity contribution in [3.05, 3.63) is 53.5 Å². The minimum absolute atomic E-state index is 0.0970. The summed E-state index contributed by atoms with van der Waals surface area (Å²) in [5, 5.41) is 8.86. The maximum Gasteiger partial charge on any atom is 0.246 e. The van der Waals surface area contributed by atoms with Gasteiger partial charge in [-0.25, -0.2) is 9.37 Å². The Labute approximate surface area is 230 Å². The first-order valence-corrected chi connectivity index (χ1v) is 13.3. The highest BCUT2D eigenvalue weighted by Gasteiger charge is 2.33. The van der Waals surface area contributed by atoms with Gasteiger partial charge in [-0.3, -0.25) is 9.89 Å². The summed E-state index contributed by atoms with van der Waals surface area (Å²) < 4.78 is 16.6. The minimum atomic E-state index is -0.488. The normalized spacial score (nSPS) is 16.4. The minimum Gasteiger partial charge on any atom is -0.352 e. The van der Waals surface area contributed by atoms with Crippen molar-refractivity contribution in [3.8, 4) is 11.1 Å². The summed E-state index contributed by atoms with van der Waals surface area (Å²) in [6.07, 6.45) is 3.04. The average molecular weight is 549 g/mol. The Morgan fingerprint density at radius 2 is 1.90 bits per heavy atom. The number of hydrogen-bond donors (Lipinski definition) is 1. The second-order valence-electron chi connectivity index (χ2n) is 10.4. The Morgan fingerprint density at radius 3 is 2.59 bits per heavy atom. The van der Waals surface area contributed by atoms with E-state index < -0.39 is 5.82 Å². The zero-order valence-electron chi connectivity index (χ0n) is 22.2. The molecule has 0 spiro atoms. The summed E-state index contributed by atoms with van der Waals surface area (Å²) in [4.78, 5) is 29.9. The van der Waals surface area contributed by atoms with Gasteiger partial charge in [0, 0.05) is 67.2 Å². The van der Waals surface area contributed by atoms with E-state index in [2.05, 4.69) is 31.5 Å². The van der Waals surface area contributed by atoms with Gasteiger partial charge in [0.1, 0.15) is 11.3 Å². The van der Waals surface area contributed by atoms with Crippen LogP contribution in [0.25, 0.3) is 32.9 Å². The monoisotopic (exact) mass is 548 g/mol.